The molecule has 4 rings (SSSR count). The first-order chi connectivity index (χ1) is 14.4. The Hall–Kier alpha value is -2.76. The zero-order valence-corrected chi connectivity index (χ0v) is 18.7. The van der Waals surface area contributed by atoms with Crippen molar-refractivity contribution in [2.45, 2.75) is 46.8 Å². The molecule has 1 atom stereocenters. The lowest BCUT2D eigenvalue weighted by Crippen LogP contribution is -2.29. The molecule has 30 heavy (non-hydrogen) atoms. The molecule has 2 aromatic heterocycles. The lowest BCUT2D eigenvalue weighted by Gasteiger charge is -2.16. The molecule has 5 heteroatoms. The average Bonchev–Trinajstić information content (AvgIpc) is 3.15. The van der Waals surface area contributed by atoms with Crippen LogP contribution in [0.4, 0.5) is 0 Å². The maximum absolute atomic E-state index is 13.4. The number of aromatic nitrogens is 2. The first-order valence-corrected chi connectivity index (χ1v) is 11.1. The van der Waals surface area contributed by atoms with Crippen LogP contribution in [0, 0.1) is 20.8 Å². The number of nitrogens with zero attached hydrogens (tertiary/aromatic N) is 2. The highest BCUT2D eigenvalue weighted by Gasteiger charge is 2.13. The predicted molar refractivity (Wildman–Crippen MR) is 125 cm³/mol. The molecule has 0 aliphatic heterocycles. The second kappa shape index (κ2) is 8.54. The standard InChI is InChI=1S/C25H27N3OS/c1-16-6-5-7-20(10-16)14-28-24-11-17(2)8-9-21(24)12-22(25(28)29)13-26-18(3)23-15-30-19(4)27-23/h5-12,15,18,26H,13-14H2,1-4H3. The second-order valence-corrected chi connectivity index (χ2v) is 9.07. The van der Waals surface area contributed by atoms with Crippen molar-refractivity contribution in [3.8, 4) is 0 Å². The van der Waals surface area contributed by atoms with E-state index in [1.54, 1.807) is 11.3 Å². The van der Waals surface area contributed by atoms with Crippen molar-refractivity contribution < 1.29 is 0 Å². The van der Waals surface area contributed by atoms with Gasteiger partial charge in [-0.25, -0.2) is 4.98 Å². The van der Waals surface area contributed by atoms with Gasteiger partial charge in [0.1, 0.15) is 0 Å². The lowest BCUT2D eigenvalue weighted by atomic mass is 10.1. The minimum atomic E-state index is 0.0590. The molecule has 154 valence electrons. The van der Waals surface area contributed by atoms with Gasteiger partial charge in [0.2, 0.25) is 0 Å². The van der Waals surface area contributed by atoms with Gasteiger partial charge in [-0.3, -0.25) is 4.79 Å². The Balaban J connectivity index is 1.70. The first kappa shape index (κ1) is 20.5. The van der Waals surface area contributed by atoms with Crippen LogP contribution in [-0.2, 0) is 13.1 Å². The van der Waals surface area contributed by atoms with Gasteiger partial charge in [-0.05, 0) is 56.3 Å². The summed E-state index contributed by atoms with van der Waals surface area (Å²) >= 11 is 1.65. The number of rotatable bonds is 6. The predicted octanol–water partition coefficient (Wildman–Crippen LogP) is 5.28. The molecule has 2 heterocycles. The first-order valence-electron chi connectivity index (χ1n) is 10.2. The molecule has 0 radical (unpaired) electrons. The number of nitrogens with one attached hydrogen (secondary N) is 1. The van der Waals surface area contributed by atoms with Crippen molar-refractivity contribution in [3.05, 3.63) is 97.2 Å². The van der Waals surface area contributed by atoms with Crippen LogP contribution >= 0.6 is 11.3 Å². The van der Waals surface area contributed by atoms with E-state index in [2.05, 4.69) is 72.9 Å². The quantitative estimate of drug-likeness (QED) is 0.464. The van der Waals surface area contributed by atoms with Gasteiger partial charge >= 0.3 is 0 Å². The Bertz CT molecular complexity index is 1250. The number of pyridine rings is 1. The van der Waals surface area contributed by atoms with Crippen molar-refractivity contribution >= 4 is 22.2 Å². The van der Waals surface area contributed by atoms with Crippen LogP contribution in [0.5, 0.6) is 0 Å². The summed E-state index contributed by atoms with van der Waals surface area (Å²) < 4.78 is 1.91. The summed E-state index contributed by atoms with van der Waals surface area (Å²) in [5.74, 6) is 0. The summed E-state index contributed by atoms with van der Waals surface area (Å²) in [4.78, 5) is 18.0. The van der Waals surface area contributed by atoms with E-state index < -0.39 is 0 Å². The van der Waals surface area contributed by atoms with Crippen LogP contribution in [0.2, 0.25) is 0 Å². The van der Waals surface area contributed by atoms with E-state index >= 15 is 0 Å². The summed E-state index contributed by atoms with van der Waals surface area (Å²) in [5.41, 5.74) is 6.32. The smallest absolute Gasteiger partial charge is 0.255 e. The Morgan fingerprint density at radius 2 is 1.87 bits per heavy atom. The molecule has 2 aromatic carbocycles. The van der Waals surface area contributed by atoms with Gasteiger partial charge in [0.15, 0.2) is 0 Å². The Morgan fingerprint density at radius 3 is 2.60 bits per heavy atom. The lowest BCUT2D eigenvalue weighted by molar-refractivity contribution is 0.558. The van der Waals surface area contributed by atoms with Gasteiger partial charge < -0.3 is 9.88 Å². The highest BCUT2D eigenvalue weighted by atomic mass is 32.1. The number of benzene rings is 2. The van der Waals surface area contributed by atoms with Gasteiger partial charge in [0.05, 0.1) is 22.8 Å². The molecule has 0 saturated carbocycles. The highest BCUT2D eigenvalue weighted by molar-refractivity contribution is 7.09. The van der Waals surface area contributed by atoms with Gasteiger partial charge in [-0.2, -0.15) is 0 Å². The van der Waals surface area contributed by atoms with Gasteiger partial charge in [0.25, 0.3) is 5.56 Å². The summed E-state index contributed by atoms with van der Waals surface area (Å²) in [7, 11) is 0. The third-order valence-electron chi connectivity index (χ3n) is 5.43. The summed E-state index contributed by atoms with van der Waals surface area (Å²) in [6, 6.07) is 16.8. The normalized spacial score (nSPS) is 12.4. The maximum Gasteiger partial charge on any atom is 0.255 e. The fraction of sp³-hybridized carbons (Fsp3) is 0.280. The highest BCUT2D eigenvalue weighted by Crippen LogP contribution is 2.19. The zero-order valence-electron chi connectivity index (χ0n) is 17.9. The third-order valence-corrected chi connectivity index (χ3v) is 6.22. The molecule has 4 nitrogen and oxygen atoms in total. The van der Waals surface area contributed by atoms with Crippen molar-refractivity contribution in [1.82, 2.24) is 14.9 Å². The number of fused-ring (bicyclic) bond motifs is 1. The Kier molecular flexibility index (Phi) is 5.84. The molecule has 0 amide bonds. The number of hydrogen-bond acceptors (Lipinski definition) is 4. The van der Waals surface area contributed by atoms with Gasteiger partial charge in [0, 0.05) is 23.5 Å². The molecule has 0 aliphatic carbocycles. The molecule has 1 unspecified atom stereocenters. The van der Waals surface area contributed by atoms with E-state index in [1.807, 2.05) is 23.6 Å². The van der Waals surface area contributed by atoms with E-state index in [4.69, 9.17) is 0 Å². The van der Waals surface area contributed by atoms with Crippen LogP contribution < -0.4 is 10.9 Å². The third kappa shape index (κ3) is 4.37. The Labute approximate surface area is 181 Å². The number of thiazole rings is 1. The fourth-order valence-electron chi connectivity index (χ4n) is 3.77. The molecule has 0 aliphatic rings. The molecule has 1 N–H and O–H groups in total. The Morgan fingerprint density at radius 1 is 1.07 bits per heavy atom. The minimum Gasteiger partial charge on any atom is -0.305 e. The molecular weight excluding hydrogens is 390 g/mol. The summed E-state index contributed by atoms with van der Waals surface area (Å²) in [6.07, 6.45) is 0. The summed E-state index contributed by atoms with van der Waals surface area (Å²) in [6.45, 7) is 9.31. The minimum absolute atomic E-state index is 0.0590. The van der Waals surface area contributed by atoms with Crippen LogP contribution in [-0.4, -0.2) is 9.55 Å². The number of aryl methyl sites for hydroxylation is 3. The number of hydrogen-bond donors (Lipinski definition) is 1. The zero-order chi connectivity index (χ0) is 21.3. The van der Waals surface area contributed by atoms with Crippen LogP contribution in [0.15, 0.2) is 58.7 Å². The van der Waals surface area contributed by atoms with Crippen molar-refractivity contribution in [1.29, 1.82) is 0 Å². The van der Waals surface area contributed by atoms with Crippen molar-refractivity contribution in [2.75, 3.05) is 0 Å². The van der Waals surface area contributed by atoms with E-state index in [0.29, 0.717) is 13.1 Å². The van der Waals surface area contributed by atoms with E-state index in [1.165, 1.54) is 5.56 Å². The van der Waals surface area contributed by atoms with E-state index in [9.17, 15) is 4.79 Å². The van der Waals surface area contributed by atoms with Crippen molar-refractivity contribution in [2.24, 2.45) is 0 Å². The molecule has 0 saturated heterocycles. The van der Waals surface area contributed by atoms with Gasteiger partial charge in [-0.15, -0.1) is 11.3 Å². The van der Waals surface area contributed by atoms with Crippen LogP contribution in [0.1, 0.15) is 45.9 Å². The fourth-order valence-corrected chi connectivity index (χ4v) is 4.47. The van der Waals surface area contributed by atoms with Gasteiger partial charge in [-0.1, -0.05) is 42.0 Å². The van der Waals surface area contributed by atoms with Crippen LogP contribution in [0.3, 0.4) is 0 Å². The molecule has 0 fully saturated rings. The summed E-state index contributed by atoms with van der Waals surface area (Å²) in [5, 5.41) is 7.69. The SMILES string of the molecule is Cc1cccc(Cn2c(=O)c(CNC(C)c3csc(C)n3)cc3ccc(C)cc32)c1. The monoisotopic (exact) mass is 417 g/mol. The van der Waals surface area contributed by atoms with Crippen LogP contribution in [0.25, 0.3) is 10.9 Å². The topological polar surface area (TPSA) is 46.9 Å². The van der Waals surface area contributed by atoms with E-state index in [0.717, 1.165) is 38.3 Å². The molecule has 0 bridgehead atoms. The van der Waals surface area contributed by atoms with E-state index in [-0.39, 0.29) is 11.6 Å². The maximum atomic E-state index is 13.4. The largest absolute Gasteiger partial charge is 0.305 e. The molecular formula is C25H27N3OS. The molecule has 0 spiro atoms. The average molecular weight is 418 g/mol. The van der Waals surface area contributed by atoms with Crippen molar-refractivity contribution in [3.63, 3.8) is 0 Å². The molecule has 4 aromatic rings. The second-order valence-electron chi connectivity index (χ2n) is 8.01.